The van der Waals surface area contributed by atoms with E-state index in [4.69, 9.17) is 4.74 Å². The van der Waals surface area contributed by atoms with E-state index in [1.165, 1.54) is 20.2 Å². The molecule has 6 heteroatoms. The molecule has 0 N–H and O–H groups in total. The highest BCUT2D eigenvalue weighted by Gasteiger charge is 2.19. The maximum Gasteiger partial charge on any atom is 0.257 e. The van der Waals surface area contributed by atoms with Crippen molar-refractivity contribution in [2.24, 2.45) is 0 Å². The molecule has 0 saturated heterocycles. The zero-order valence-corrected chi connectivity index (χ0v) is 11.0. The molecule has 0 unspecified atom stereocenters. The Morgan fingerprint density at radius 3 is 2.71 bits per heavy atom. The van der Waals surface area contributed by atoms with Crippen LogP contribution in [0.3, 0.4) is 0 Å². The lowest BCUT2D eigenvalue weighted by atomic mass is 10.2. The maximum atomic E-state index is 12.2. The highest BCUT2D eigenvalue weighted by atomic mass is 79.9. The summed E-state index contributed by atoms with van der Waals surface area (Å²) in [6.45, 7) is -0.599. The Bertz CT molecular complexity index is 412. The van der Waals surface area contributed by atoms with Gasteiger partial charge < -0.3 is 9.64 Å². The second-order valence-corrected chi connectivity index (χ2v) is 4.34. The van der Waals surface area contributed by atoms with E-state index in [-0.39, 0.29) is 5.56 Å². The molecular weight excluding hydrogens is 296 g/mol. The van der Waals surface area contributed by atoms with Crippen molar-refractivity contribution in [2.75, 3.05) is 20.7 Å². The fourth-order valence-corrected chi connectivity index (χ4v) is 1.68. The van der Waals surface area contributed by atoms with Crippen LogP contribution in [0.1, 0.15) is 10.4 Å². The van der Waals surface area contributed by atoms with Crippen molar-refractivity contribution < 1.29 is 18.3 Å². The molecule has 0 spiro atoms. The molecule has 0 radical (unpaired) electrons. The Balaban J connectivity index is 2.95. The van der Waals surface area contributed by atoms with Crippen LogP contribution in [0.2, 0.25) is 0 Å². The van der Waals surface area contributed by atoms with Crippen molar-refractivity contribution in [1.29, 1.82) is 0 Å². The number of carbonyl (C=O) groups excluding carboxylic acids is 1. The van der Waals surface area contributed by atoms with E-state index < -0.39 is 18.9 Å². The summed E-state index contributed by atoms with van der Waals surface area (Å²) < 4.78 is 30.1. The number of nitrogens with zero attached hydrogens (tertiary/aromatic N) is 1. The molecule has 0 aliphatic carbocycles. The van der Waals surface area contributed by atoms with Crippen LogP contribution in [0.25, 0.3) is 0 Å². The number of ether oxygens (including phenoxy) is 1. The molecule has 0 heterocycles. The van der Waals surface area contributed by atoms with Crippen LogP contribution in [-0.4, -0.2) is 37.9 Å². The quantitative estimate of drug-likeness (QED) is 0.856. The van der Waals surface area contributed by atoms with Gasteiger partial charge in [0.1, 0.15) is 5.75 Å². The lowest BCUT2D eigenvalue weighted by Crippen LogP contribution is -2.31. The van der Waals surface area contributed by atoms with Crippen LogP contribution in [0.15, 0.2) is 22.7 Å². The third-order valence-corrected chi connectivity index (χ3v) is 2.65. The first-order chi connectivity index (χ1) is 7.95. The fraction of sp³-hybridized carbons (Fsp3) is 0.364. The van der Waals surface area contributed by atoms with E-state index >= 15 is 0 Å². The molecule has 94 valence electrons. The molecule has 3 nitrogen and oxygen atoms in total. The lowest BCUT2D eigenvalue weighted by molar-refractivity contribution is 0.0617. The van der Waals surface area contributed by atoms with Crippen molar-refractivity contribution in [3.8, 4) is 5.75 Å². The first kappa shape index (κ1) is 13.9. The van der Waals surface area contributed by atoms with Gasteiger partial charge in [0.2, 0.25) is 0 Å². The van der Waals surface area contributed by atoms with Crippen molar-refractivity contribution in [2.45, 2.75) is 6.43 Å². The summed E-state index contributed by atoms with van der Waals surface area (Å²) in [5.74, 6) is -0.139. The average Bonchev–Trinajstić information content (AvgIpc) is 2.27. The van der Waals surface area contributed by atoms with Gasteiger partial charge in [0.05, 0.1) is 19.2 Å². The SMILES string of the molecule is COc1cc(Br)ccc1C(=O)N(C)CC(F)F. The lowest BCUT2D eigenvalue weighted by Gasteiger charge is -2.18. The first-order valence-corrected chi connectivity index (χ1v) is 5.62. The number of rotatable bonds is 4. The van der Waals surface area contributed by atoms with Crippen molar-refractivity contribution >= 4 is 21.8 Å². The van der Waals surface area contributed by atoms with Gasteiger partial charge in [0, 0.05) is 11.5 Å². The van der Waals surface area contributed by atoms with Gasteiger partial charge in [-0.2, -0.15) is 0 Å². The minimum atomic E-state index is -2.55. The second-order valence-electron chi connectivity index (χ2n) is 3.42. The smallest absolute Gasteiger partial charge is 0.257 e. The van der Waals surface area contributed by atoms with Crippen LogP contribution in [-0.2, 0) is 0 Å². The van der Waals surface area contributed by atoms with Crippen LogP contribution in [0.5, 0.6) is 5.75 Å². The van der Waals surface area contributed by atoms with E-state index in [0.29, 0.717) is 5.75 Å². The van der Waals surface area contributed by atoms with E-state index in [1.54, 1.807) is 12.1 Å². The van der Waals surface area contributed by atoms with E-state index in [1.807, 2.05) is 0 Å². The minimum Gasteiger partial charge on any atom is -0.496 e. The van der Waals surface area contributed by atoms with Crippen molar-refractivity contribution in [3.63, 3.8) is 0 Å². The number of hydrogen-bond donors (Lipinski definition) is 0. The topological polar surface area (TPSA) is 29.5 Å². The molecule has 0 fully saturated rings. The largest absolute Gasteiger partial charge is 0.496 e. The normalized spacial score (nSPS) is 10.5. The predicted molar refractivity (Wildman–Crippen MR) is 63.7 cm³/mol. The summed E-state index contributed by atoms with van der Waals surface area (Å²) in [7, 11) is 2.75. The monoisotopic (exact) mass is 307 g/mol. The second kappa shape index (κ2) is 5.95. The summed E-state index contributed by atoms with van der Waals surface area (Å²) in [6, 6.07) is 4.81. The van der Waals surface area contributed by atoms with Crippen molar-refractivity contribution in [3.05, 3.63) is 28.2 Å². The maximum absolute atomic E-state index is 12.2. The summed E-state index contributed by atoms with van der Waals surface area (Å²) in [5, 5.41) is 0. The number of alkyl halides is 2. The molecule has 1 amide bonds. The van der Waals surface area contributed by atoms with Gasteiger partial charge in [0.15, 0.2) is 0 Å². The molecule has 0 atom stereocenters. The molecule has 0 saturated carbocycles. The number of halogens is 3. The van der Waals surface area contributed by atoms with Gasteiger partial charge in [-0.3, -0.25) is 4.79 Å². The third-order valence-electron chi connectivity index (χ3n) is 2.15. The summed E-state index contributed by atoms with van der Waals surface area (Å²) >= 11 is 3.24. The van der Waals surface area contributed by atoms with Gasteiger partial charge >= 0.3 is 0 Å². The molecule has 0 aromatic heterocycles. The van der Waals surface area contributed by atoms with Gasteiger partial charge in [-0.15, -0.1) is 0 Å². The Kier molecular flexibility index (Phi) is 4.86. The van der Waals surface area contributed by atoms with Gasteiger partial charge in [0.25, 0.3) is 12.3 Å². The number of benzene rings is 1. The molecule has 17 heavy (non-hydrogen) atoms. The summed E-state index contributed by atoms with van der Waals surface area (Å²) in [5.41, 5.74) is 0.263. The van der Waals surface area contributed by atoms with Gasteiger partial charge in [-0.05, 0) is 18.2 Å². The van der Waals surface area contributed by atoms with E-state index in [9.17, 15) is 13.6 Å². The highest BCUT2D eigenvalue weighted by Crippen LogP contribution is 2.24. The van der Waals surface area contributed by atoms with E-state index in [0.717, 1.165) is 9.37 Å². The Morgan fingerprint density at radius 1 is 1.53 bits per heavy atom. The van der Waals surface area contributed by atoms with Crippen LogP contribution >= 0.6 is 15.9 Å². The van der Waals surface area contributed by atoms with Crippen LogP contribution < -0.4 is 4.74 Å². The van der Waals surface area contributed by atoms with Crippen LogP contribution in [0.4, 0.5) is 8.78 Å². The van der Waals surface area contributed by atoms with Gasteiger partial charge in [-0.25, -0.2) is 8.78 Å². The predicted octanol–water partition coefficient (Wildman–Crippen LogP) is 2.79. The molecular formula is C11H12BrF2NO2. The average molecular weight is 308 g/mol. The van der Waals surface area contributed by atoms with Gasteiger partial charge in [-0.1, -0.05) is 15.9 Å². The van der Waals surface area contributed by atoms with E-state index in [2.05, 4.69) is 15.9 Å². The molecule has 0 aliphatic heterocycles. The Morgan fingerprint density at radius 2 is 2.18 bits per heavy atom. The summed E-state index contributed by atoms with van der Waals surface area (Å²) in [6.07, 6.45) is -2.55. The Hall–Kier alpha value is -1.17. The Labute approximate surface area is 106 Å². The number of amides is 1. The minimum absolute atomic E-state index is 0.263. The zero-order valence-electron chi connectivity index (χ0n) is 9.41. The fourth-order valence-electron chi connectivity index (χ4n) is 1.34. The number of hydrogen-bond acceptors (Lipinski definition) is 2. The molecule has 1 rings (SSSR count). The number of methoxy groups -OCH3 is 1. The number of carbonyl (C=O) groups is 1. The third kappa shape index (κ3) is 3.66. The van der Waals surface area contributed by atoms with Crippen LogP contribution in [0, 0.1) is 0 Å². The molecule has 0 bridgehead atoms. The molecule has 1 aromatic carbocycles. The first-order valence-electron chi connectivity index (χ1n) is 4.83. The van der Waals surface area contributed by atoms with Crippen molar-refractivity contribution in [1.82, 2.24) is 4.90 Å². The standard InChI is InChI=1S/C11H12BrF2NO2/c1-15(6-10(13)14)11(16)8-4-3-7(12)5-9(8)17-2/h3-5,10H,6H2,1-2H3. The summed E-state index contributed by atoms with van der Waals surface area (Å²) in [4.78, 5) is 12.8. The molecule has 0 aliphatic rings. The highest BCUT2D eigenvalue weighted by molar-refractivity contribution is 9.10. The zero-order chi connectivity index (χ0) is 13.0. The molecule has 1 aromatic rings.